The minimum Gasteiger partial charge on any atom is -0.245 e. The molecule has 5 aromatic carbocycles. The van der Waals surface area contributed by atoms with Crippen LogP contribution in [0.3, 0.4) is 0 Å². The fourth-order valence-electron chi connectivity index (χ4n) is 5.85. The number of aromatic nitrogens is 4. The van der Waals surface area contributed by atoms with Crippen LogP contribution in [0.1, 0.15) is 5.56 Å². The van der Waals surface area contributed by atoms with Crippen LogP contribution in [0.2, 0.25) is 0 Å². The van der Waals surface area contributed by atoms with E-state index in [4.69, 9.17) is 19.9 Å². The minimum atomic E-state index is 0.662. The van der Waals surface area contributed by atoms with Crippen LogP contribution in [-0.4, -0.2) is 19.9 Å². The van der Waals surface area contributed by atoms with Gasteiger partial charge in [0.2, 0.25) is 0 Å². The second-order valence-electron chi connectivity index (χ2n) is 11.2. The minimum absolute atomic E-state index is 0.662. The molecule has 3 aromatic heterocycles. The zero-order valence-corrected chi connectivity index (χ0v) is 24.7. The van der Waals surface area contributed by atoms with Crippen molar-refractivity contribution in [2.75, 3.05) is 0 Å². The Morgan fingerprint density at radius 1 is 0.356 bits per heavy atom. The van der Waals surface area contributed by atoms with E-state index >= 15 is 0 Å². The Balaban J connectivity index is 1.29. The zero-order chi connectivity index (χ0) is 30.2. The lowest BCUT2D eigenvalue weighted by Gasteiger charge is -2.12. The summed E-state index contributed by atoms with van der Waals surface area (Å²) in [5.41, 5.74) is 11.7. The number of hydrogen-bond acceptors (Lipinski definition) is 4. The van der Waals surface area contributed by atoms with E-state index in [2.05, 4.69) is 91.9 Å². The summed E-state index contributed by atoms with van der Waals surface area (Å²) in [5.74, 6) is 0.662. The average Bonchev–Trinajstić information content (AvgIpc) is 3.12. The predicted octanol–water partition coefficient (Wildman–Crippen LogP) is 10.2. The van der Waals surface area contributed by atoms with Gasteiger partial charge >= 0.3 is 0 Å². The van der Waals surface area contributed by atoms with Gasteiger partial charge in [-0.15, -0.1) is 0 Å². The van der Waals surface area contributed by atoms with Crippen molar-refractivity contribution in [3.05, 3.63) is 157 Å². The van der Waals surface area contributed by atoms with Gasteiger partial charge in [-0.1, -0.05) is 133 Å². The largest absolute Gasteiger partial charge is 0.245 e. The van der Waals surface area contributed by atoms with Gasteiger partial charge in [-0.25, -0.2) is 19.9 Å². The molecule has 8 aromatic rings. The van der Waals surface area contributed by atoms with Crippen molar-refractivity contribution < 1.29 is 0 Å². The number of pyridine rings is 2. The molecular weight excluding hydrogens is 548 g/mol. The van der Waals surface area contributed by atoms with Crippen LogP contribution < -0.4 is 0 Å². The quantitative estimate of drug-likeness (QED) is 0.191. The maximum Gasteiger partial charge on any atom is 0.160 e. The fourth-order valence-corrected chi connectivity index (χ4v) is 5.85. The molecule has 0 aliphatic carbocycles. The number of aryl methyl sites for hydroxylation is 1. The second kappa shape index (κ2) is 11.3. The van der Waals surface area contributed by atoms with Crippen LogP contribution in [0.4, 0.5) is 0 Å². The van der Waals surface area contributed by atoms with E-state index in [0.717, 1.165) is 66.8 Å². The van der Waals surface area contributed by atoms with Crippen molar-refractivity contribution >= 4 is 21.8 Å². The topological polar surface area (TPSA) is 51.6 Å². The molecule has 0 spiro atoms. The standard InChI is InChI=1S/C41H28N4/c1-27-25-36(30-13-7-3-8-14-30)43-40-34(27)23-21-32-22-24-35(42-39(32)40)38-26-37(44-41(45-38)33-15-9-4-10-16-33)31-19-17-29(18-20-31)28-11-5-2-6-12-28/h2-26H,1H3. The second-order valence-corrected chi connectivity index (χ2v) is 11.2. The molecule has 8 rings (SSSR count). The van der Waals surface area contributed by atoms with Gasteiger partial charge in [0.1, 0.15) is 0 Å². The first-order valence-corrected chi connectivity index (χ1v) is 15.1. The molecule has 0 atom stereocenters. The molecule has 4 nitrogen and oxygen atoms in total. The summed E-state index contributed by atoms with van der Waals surface area (Å²) in [6.45, 7) is 2.14. The lowest BCUT2D eigenvalue weighted by Crippen LogP contribution is -1.98. The molecule has 0 aliphatic rings. The highest BCUT2D eigenvalue weighted by molar-refractivity contribution is 6.05. The highest BCUT2D eigenvalue weighted by Gasteiger charge is 2.15. The molecular formula is C41H28N4. The van der Waals surface area contributed by atoms with Crippen LogP contribution in [0.15, 0.2) is 152 Å². The molecule has 0 saturated carbocycles. The Kier molecular flexibility index (Phi) is 6.65. The van der Waals surface area contributed by atoms with Gasteiger partial charge in [0.15, 0.2) is 5.82 Å². The number of rotatable bonds is 5. The summed E-state index contributed by atoms with van der Waals surface area (Å²) >= 11 is 0. The monoisotopic (exact) mass is 576 g/mol. The molecule has 4 heteroatoms. The maximum atomic E-state index is 5.22. The molecule has 3 heterocycles. The molecule has 0 unspecified atom stereocenters. The third-order valence-electron chi connectivity index (χ3n) is 8.22. The first-order chi connectivity index (χ1) is 22.2. The Morgan fingerprint density at radius 2 is 0.867 bits per heavy atom. The summed E-state index contributed by atoms with van der Waals surface area (Å²) < 4.78 is 0. The Bertz CT molecular complexity index is 2300. The Hall–Kier alpha value is -6.00. The molecule has 0 saturated heterocycles. The molecule has 0 N–H and O–H groups in total. The number of fused-ring (bicyclic) bond motifs is 3. The van der Waals surface area contributed by atoms with Gasteiger partial charge in [-0.05, 0) is 41.8 Å². The normalized spacial score (nSPS) is 11.2. The lowest BCUT2D eigenvalue weighted by molar-refractivity contribution is 1.17. The van der Waals surface area contributed by atoms with Gasteiger partial charge in [-0.3, -0.25) is 0 Å². The SMILES string of the molecule is Cc1cc(-c2ccccc2)nc2c1ccc1ccc(-c3cc(-c4ccc(-c5ccccc5)cc4)nc(-c4ccccc4)n3)nc12. The molecule has 0 aliphatic heterocycles. The van der Waals surface area contributed by atoms with E-state index in [9.17, 15) is 0 Å². The van der Waals surface area contributed by atoms with Crippen LogP contribution in [0.5, 0.6) is 0 Å². The molecule has 0 fully saturated rings. The maximum absolute atomic E-state index is 5.22. The van der Waals surface area contributed by atoms with E-state index < -0.39 is 0 Å². The van der Waals surface area contributed by atoms with Crippen molar-refractivity contribution in [2.24, 2.45) is 0 Å². The third kappa shape index (κ3) is 5.13. The van der Waals surface area contributed by atoms with E-state index in [1.807, 2.05) is 66.7 Å². The molecule has 212 valence electrons. The summed E-state index contributed by atoms with van der Waals surface area (Å²) in [4.78, 5) is 20.4. The zero-order valence-electron chi connectivity index (χ0n) is 24.7. The lowest BCUT2D eigenvalue weighted by atomic mass is 10.0. The first kappa shape index (κ1) is 26.6. The van der Waals surface area contributed by atoms with Gasteiger partial charge in [0.05, 0.1) is 33.8 Å². The molecule has 0 amide bonds. The predicted molar refractivity (Wildman–Crippen MR) is 185 cm³/mol. The van der Waals surface area contributed by atoms with Gasteiger partial charge in [0.25, 0.3) is 0 Å². The van der Waals surface area contributed by atoms with Crippen molar-refractivity contribution in [1.82, 2.24) is 19.9 Å². The number of hydrogen-bond donors (Lipinski definition) is 0. The van der Waals surface area contributed by atoms with E-state index in [-0.39, 0.29) is 0 Å². The highest BCUT2D eigenvalue weighted by Crippen LogP contribution is 2.32. The Morgan fingerprint density at radius 3 is 1.58 bits per heavy atom. The van der Waals surface area contributed by atoms with Crippen LogP contribution in [0, 0.1) is 6.92 Å². The molecule has 45 heavy (non-hydrogen) atoms. The summed E-state index contributed by atoms with van der Waals surface area (Å²) in [6, 6.07) is 52.0. The number of nitrogens with zero attached hydrogens (tertiary/aromatic N) is 4. The van der Waals surface area contributed by atoms with Gasteiger partial charge < -0.3 is 0 Å². The average molecular weight is 577 g/mol. The molecule has 0 bridgehead atoms. The van der Waals surface area contributed by atoms with Crippen molar-refractivity contribution in [3.63, 3.8) is 0 Å². The van der Waals surface area contributed by atoms with Gasteiger partial charge in [-0.2, -0.15) is 0 Å². The smallest absolute Gasteiger partial charge is 0.160 e. The Labute approximate surface area is 261 Å². The molecule has 0 radical (unpaired) electrons. The van der Waals surface area contributed by atoms with Crippen molar-refractivity contribution in [2.45, 2.75) is 6.92 Å². The third-order valence-corrected chi connectivity index (χ3v) is 8.22. The summed E-state index contributed by atoms with van der Waals surface area (Å²) in [6.07, 6.45) is 0. The van der Waals surface area contributed by atoms with E-state index in [0.29, 0.717) is 5.82 Å². The van der Waals surface area contributed by atoms with Crippen LogP contribution in [-0.2, 0) is 0 Å². The summed E-state index contributed by atoms with van der Waals surface area (Å²) in [7, 11) is 0. The van der Waals surface area contributed by atoms with Crippen LogP contribution in [0.25, 0.3) is 78.2 Å². The van der Waals surface area contributed by atoms with Crippen LogP contribution >= 0.6 is 0 Å². The van der Waals surface area contributed by atoms with E-state index in [1.54, 1.807) is 0 Å². The first-order valence-electron chi connectivity index (χ1n) is 15.1. The highest BCUT2D eigenvalue weighted by atomic mass is 14.9. The number of benzene rings is 5. The van der Waals surface area contributed by atoms with Crippen molar-refractivity contribution in [3.8, 4) is 56.4 Å². The van der Waals surface area contributed by atoms with Crippen molar-refractivity contribution in [1.29, 1.82) is 0 Å². The van der Waals surface area contributed by atoms with E-state index in [1.165, 1.54) is 11.1 Å². The summed E-state index contributed by atoms with van der Waals surface area (Å²) in [5, 5.41) is 2.14. The van der Waals surface area contributed by atoms with Gasteiger partial charge in [0, 0.05) is 27.5 Å². The fraction of sp³-hybridized carbons (Fsp3) is 0.0244.